The van der Waals surface area contributed by atoms with Crippen LogP contribution in [0.4, 0.5) is 0 Å². The summed E-state index contributed by atoms with van der Waals surface area (Å²) in [6, 6.07) is 1.77. The van der Waals surface area contributed by atoms with E-state index in [1.54, 1.807) is 12.1 Å². The van der Waals surface area contributed by atoms with E-state index in [4.69, 9.17) is 9.47 Å². The van der Waals surface area contributed by atoms with Gasteiger partial charge in [0, 0.05) is 12.5 Å². The SMILES string of the molecule is C=CCO[C@H]1CN(C(=O)c2ccnnc2)[C@@H]2COC[C@H]12. The molecule has 0 radical (unpaired) electrons. The molecule has 3 heterocycles. The third-order valence-corrected chi connectivity index (χ3v) is 3.87. The summed E-state index contributed by atoms with van der Waals surface area (Å²) in [5.74, 6) is 0.207. The second-order valence-electron chi connectivity index (χ2n) is 5.02. The molecule has 20 heavy (non-hydrogen) atoms. The van der Waals surface area contributed by atoms with Crippen molar-refractivity contribution in [1.82, 2.24) is 15.1 Å². The third kappa shape index (κ3) is 2.32. The molecular formula is C14H17N3O3. The zero-order chi connectivity index (χ0) is 13.9. The Morgan fingerprint density at radius 1 is 1.55 bits per heavy atom. The predicted octanol–water partition coefficient (Wildman–Crippen LogP) is 0.519. The lowest BCUT2D eigenvalue weighted by molar-refractivity contribution is 0.0330. The molecule has 0 N–H and O–H groups in total. The van der Waals surface area contributed by atoms with Gasteiger partial charge in [-0.05, 0) is 6.07 Å². The van der Waals surface area contributed by atoms with Gasteiger partial charge in [-0.2, -0.15) is 10.2 Å². The molecule has 0 bridgehead atoms. The molecule has 2 fully saturated rings. The van der Waals surface area contributed by atoms with Crippen LogP contribution in [0.25, 0.3) is 0 Å². The molecule has 0 spiro atoms. The topological polar surface area (TPSA) is 64.5 Å². The highest BCUT2D eigenvalue weighted by Gasteiger charge is 2.47. The molecule has 0 unspecified atom stereocenters. The average Bonchev–Trinajstić information content (AvgIpc) is 3.08. The van der Waals surface area contributed by atoms with Crippen molar-refractivity contribution in [2.75, 3.05) is 26.4 Å². The van der Waals surface area contributed by atoms with Crippen molar-refractivity contribution >= 4 is 5.91 Å². The zero-order valence-electron chi connectivity index (χ0n) is 11.1. The zero-order valence-corrected chi connectivity index (χ0v) is 11.1. The first kappa shape index (κ1) is 13.2. The number of ether oxygens (including phenoxy) is 2. The first-order valence-electron chi connectivity index (χ1n) is 6.69. The molecule has 0 aliphatic carbocycles. The molecule has 106 valence electrons. The predicted molar refractivity (Wildman–Crippen MR) is 71.1 cm³/mol. The molecule has 2 aliphatic rings. The standard InChI is InChI=1S/C14H17N3O3/c1-2-5-20-13-7-17(12-9-19-8-11(12)13)14(18)10-3-4-15-16-6-10/h2-4,6,11-13H,1,5,7-9H2/t11-,12+,13-/m0/s1. The number of aromatic nitrogens is 2. The Bertz CT molecular complexity index is 494. The summed E-state index contributed by atoms with van der Waals surface area (Å²) >= 11 is 0. The van der Waals surface area contributed by atoms with Crippen LogP contribution in [-0.2, 0) is 9.47 Å². The summed E-state index contributed by atoms with van der Waals surface area (Å²) in [6.07, 6.45) is 4.75. The number of likely N-dealkylation sites (tertiary alicyclic amines) is 1. The maximum absolute atomic E-state index is 12.5. The molecular weight excluding hydrogens is 258 g/mol. The second-order valence-corrected chi connectivity index (χ2v) is 5.02. The van der Waals surface area contributed by atoms with Crippen molar-refractivity contribution in [2.24, 2.45) is 5.92 Å². The van der Waals surface area contributed by atoms with Gasteiger partial charge < -0.3 is 14.4 Å². The van der Waals surface area contributed by atoms with Crippen LogP contribution < -0.4 is 0 Å². The van der Waals surface area contributed by atoms with Crippen LogP contribution in [0.2, 0.25) is 0 Å². The number of nitrogens with zero attached hydrogens (tertiary/aromatic N) is 3. The van der Waals surface area contributed by atoms with E-state index in [1.807, 2.05) is 4.90 Å². The van der Waals surface area contributed by atoms with Gasteiger partial charge in [-0.1, -0.05) is 6.08 Å². The van der Waals surface area contributed by atoms with E-state index in [0.29, 0.717) is 31.9 Å². The Morgan fingerprint density at radius 2 is 2.45 bits per heavy atom. The van der Waals surface area contributed by atoms with E-state index < -0.39 is 0 Å². The van der Waals surface area contributed by atoms with Gasteiger partial charge in [-0.3, -0.25) is 4.79 Å². The molecule has 2 saturated heterocycles. The maximum atomic E-state index is 12.5. The number of fused-ring (bicyclic) bond motifs is 1. The minimum absolute atomic E-state index is 0.0132. The van der Waals surface area contributed by atoms with E-state index >= 15 is 0 Å². The molecule has 0 saturated carbocycles. The van der Waals surface area contributed by atoms with Gasteiger partial charge in [0.25, 0.3) is 5.91 Å². The third-order valence-electron chi connectivity index (χ3n) is 3.87. The average molecular weight is 275 g/mol. The summed E-state index contributed by atoms with van der Waals surface area (Å²) in [7, 11) is 0. The number of carbonyl (C=O) groups excluding carboxylic acids is 1. The fourth-order valence-corrected chi connectivity index (χ4v) is 2.88. The lowest BCUT2D eigenvalue weighted by Gasteiger charge is -2.22. The molecule has 3 rings (SSSR count). The van der Waals surface area contributed by atoms with E-state index in [-0.39, 0.29) is 24.0 Å². The van der Waals surface area contributed by atoms with Gasteiger partial charge >= 0.3 is 0 Å². The molecule has 1 aromatic heterocycles. The number of hydrogen-bond acceptors (Lipinski definition) is 5. The second kappa shape index (κ2) is 5.68. The van der Waals surface area contributed by atoms with Gasteiger partial charge in [0.05, 0.1) is 49.9 Å². The highest BCUT2D eigenvalue weighted by molar-refractivity contribution is 5.94. The molecule has 6 nitrogen and oxygen atoms in total. The van der Waals surface area contributed by atoms with Crippen molar-refractivity contribution in [3.63, 3.8) is 0 Å². The van der Waals surface area contributed by atoms with E-state index in [2.05, 4.69) is 16.8 Å². The molecule has 0 aromatic carbocycles. The van der Waals surface area contributed by atoms with Crippen LogP contribution in [0.15, 0.2) is 31.1 Å². The van der Waals surface area contributed by atoms with Crippen LogP contribution in [-0.4, -0.2) is 59.5 Å². The number of amides is 1. The van der Waals surface area contributed by atoms with Gasteiger partial charge in [-0.15, -0.1) is 6.58 Å². The first-order chi connectivity index (χ1) is 9.81. The van der Waals surface area contributed by atoms with Crippen molar-refractivity contribution < 1.29 is 14.3 Å². The maximum Gasteiger partial charge on any atom is 0.255 e. The van der Waals surface area contributed by atoms with E-state index in [0.717, 1.165) is 0 Å². The molecule has 1 aromatic rings. The lowest BCUT2D eigenvalue weighted by atomic mass is 10.0. The Balaban J connectivity index is 1.76. The number of hydrogen-bond donors (Lipinski definition) is 0. The summed E-state index contributed by atoms with van der Waals surface area (Å²) in [5.41, 5.74) is 0.551. The summed E-state index contributed by atoms with van der Waals surface area (Å²) in [6.45, 7) is 5.96. The van der Waals surface area contributed by atoms with Gasteiger partial charge in [0.2, 0.25) is 0 Å². The van der Waals surface area contributed by atoms with Crippen LogP contribution in [0.3, 0.4) is 0 Å². The lowest BCUT2D eigenvalue weighted by Crippen LogP contribution is -2.38. The van der Waals surface area contributed by atoms with Gasteiger partial charge in [-0.25, -0.2) is 0 Å². The van der Waals surface area contributed by atoms with E-state index in [1.165, 1.54) is 12.4 Å². The number of carbonyl (C=O) groups is 1. The Hall–Kier alpha value is -1.79. The Kier molecular flexibility index (Phi) is 3.75. The molecule has 1 amide bonds. The van der Waals surface area contributed by atoms with Crippen molar-refractivity contribution in [3.05, 3.63) is 36.7 Å². The highest BCUT2D eigenvalue weighted by Crippen LogP contribution is 2.33. The molecule has 6 heteroatoms. The Labute approximate surface area is 117 Å². The number of rotatable bonds is 4. The van der Waals surface area contributed by atoms with Gasteiger partial charge in [0.1, 0.15) is 0 Å². The monoisotopic (exact) mass is 275 g/mol. The summed E-state index contributed by atoms with van der Waals surface area (Å²) < 4.78 is 11.3. The molecule has 3 atom stereocenters. The fraction of sp³-hybridized carbons (Fsp3) is 0.500. The Morgan fingerprint density at radius 3 is 3.20 bits per heavy atom. The minimum Gasteiger partial charge on any atom is -0.379 e. The highest BCUT2D eigenvalue weighted by atomic mass is 16.5. The van der Waals surface area contributed by atoms with Crippen molar-refractivity contribution in [2.45, 2.75) is 12.1 Å². The fourth-order valence-electron chi connectivity index (χ4n) is 2.88. The van der Waals surface area contributed by atoms with Crippen molar-refractivity contribution in [3.8, 4) is 0 Å². The van der Waals surface area contributed by atoms with Crippen LogP contribution in [0.1, 0.15) is 10.4 Å². The smallest absolute Gasteiger partial charge is 0.255 e. The van der Waals surface area contributed by atoms with Crippen LogP contribution in [0.5, 0.6) is 0 Å². The summed E-state index contributed by atoms with van der Waals surface area (Å²) in [5, 5.41) is 7.45. The minimum atomic E-state index is -0.0369. The summed E-state index contributed by atoms with van der Waals surface area (Å²) in [4.78, 5) is 14.4. The molecule has 2 aliphatic heterocycles. The van der Waals surface area contributed by atoms with Crippen molar-refractivity contribution in [1.29, 1.82) is 0 Å². The van der Waals surface area contributed by atoms with Crippen LogP contribution in [0, 0.1) is 5.92 Å². The first-order valence-corrected chi connectivity index (χ1v) is 6.69. The largest absolute Gasteiger partial charge is 0.379 e. The normalized spacial score (nSPS) is 28.4. The quantitative estimate of drug-likeness (QED) is 0.750. The van der Waals surface area contributed by atoms with Gasteiger partial charge in [0.15, 0.2) is 0 Å². The van der Waals surface area contributed by atoms with E-state index in [9.17, 15) is 4.79 Å². The van der Waals surface area contributed by atoms with Crippen LogP contribution >= 0.6 is 0 Å².